The molecule has 0 N–H and O–H groups in total. The summed E-state index contributed by atoms with van der Waals surface area (Å²) < 4.78 is 7.25. The van der Waals surface area contributed by atoms with E-state index in [0.29, 0.717) is 17.5 Å². The first kappa shape index (κ1) is 13.9. The van der Waals surface area contributed by atoms with Crippen LogP contribution in [-0.2, 0) is 0 Å². The molecule has 0 aliphatic rings. The minimum Gasteiger partial charge on any atom is -0.492 e. The van der Waals surface area contributed by atoms with Crippen molar-refractivity contribution >= 4 is 23.4 Å². The van der Waals surface area contributed by atoms with E-state index in [1.807, 2.05) is 37.3 Å². The highest BCUT2D eigenvalue weighted by Gasteiger charge is 2.12. The van der Waals surface area contributed by atoms with Crippen LogP contribution in [0, 0.1) is 0 Å². The Morgan fingerprint density at radius 1 is 1.42 bits per heavy atom. The van der Waals surface area contributed by atoms with Gasteiger partial charge in [0.2, 0.25) is 5.16 Å². The van der Waals surface area contributed by atoms with E-state index in [0.717, 1.165) is 11.4 Å². The number of tetrazole rings is 1. The molecule has 0 fully saturated rings. The molecular weight excluding hydrogens is 284 g/mol. The monoisotopic (exact) mass is 296 g/mol. The SMILES string of the molecule is CCOc1ccccc1-n1nnnc1SCC=CCl. The van der Waals surface area contributed by atoms with Crippen LogP contribution in [-0.4, -0.2) is 32.6 Å². The number of benzene rings is 1. The number of para-hydroxylation sites is 2. The van der Waals surface area contributed by atoms with Gasteiger partial charge < -0.3 is 4.74 Å². The minimum atomic E-state index is 0.594. The van der Waals surface area contributed by atoms with Crippen molar-refractivity contribution in [1.29, 1.82) is 0 Å². The van der Waals surface area contributed by atoms with Crippen molar-refractivity contribution in [3.05, 3.63) is 35.9 Å². The largest absolute Gasteiger partial charge is 0.492 e. The number of rotatable bonds is 6. The van der Waals surface area contributed by atoms with Gasteiger partial charge in [0.25, 0.3) is 0 Å². The average Bonchev–Trinajstić information content (AvgIpc) is 2.88. The lowest BCUT2D eigenvalue weighted by Gasteiger charge is -2.10. The third kappa shape index (κ3) is 3.48. The van der Waals surface area contributed by atoms with Crippen LogP contribution in [0.5, 0.6) is 5.75 Å². The van der Waals surface area contributed by atoms with Gasteiger partial charge in [0.1, 0.15) is 11.4 Å². The maximum Gasteiger partial charge on any atom is 0.214 e. The Morgan fingerprint density at radius 3 is 3.05 bits per heavy atom. The quantitative estimate of drug-likeness (QED) is 0.767. The second-order valence-electron chi connectivity index (χ2n) is 3.45. The highest BCUT2D eigenvalue weighted by Crippen LogP contribution is 2.25. The van der Waals surface area contributed by atoms with Crippen LogP contribution < -0.4 is 4.74 Å². The van der Waals surface area contributed by atoms with Gasteiger partial charge >= 0.3 is 0 Å². The van der Waals surface area contributed by atoms with Crippen LogP contribution in [0.15, 0.2) is 41.0 Å². The van der Waals surface area contributed by atoms with Gasteiger partial charge in [0, 0.05) is 11.3 Å². The molecule has 0 aliphatic carbocycles. The first-order valence-corrected chi connectivity index (χ1v) is 7.17. The predicted octanol–water partition coefficient (Wildman–Crippen LogP) is 2.91. The number of hydrogen-bond donors (Lipinski definition) is 0. The number of ether oxygens (including phenoxy) is 1. The molecule has 100 valence electrons. The fraction of sp³-hybridized carbons (Fsp3) is 0.250. The van der Waals surface area contributed by atoms with Crippen molar-refractivity contribution in [1.82, 2.24) is 20.2 Å². The third-order valence-corrected chi connectivity index (χ3v) is 3.28. The van der Waals surface area contributed by atoms with Gasteiger partial charge in [-0.05, 0) is 29.5 Å². The Morgan fingerprint density at radius 2 is 2.26 bits per heavy atom. The van der Waals surface area contributed by atoms with Crippen LogP contribution >= 0.6 is 23.4 Å². The summed E-state index contributed by atoms with van der Waals surface area (Å²) in [5.41, 5.74) is 2.31. The molecule has 0 atom stereocenters. The van der Waals surface area contributed by atoms with Gasteiger partial charge in [0.05, 0.1) is 6.61 Å². The molecule has 1 aromatic heterocycles. The summed E-state index contributed by atoms with van der Waals surface area (Å²) in [5, 5.41) is 12.4. The summed E-state index contributed by atoms with van der Waals surface area (Å²) in [4.78, 5) is 0. The molecule has 0 saturated carbocycles. The summed E-state index contributed by atoms with van der Waals surface area (Å²) in [5.74, 6) is 1.47. The molecule has 5 nitrogen and oxygen atoms in total. The highest BCUT2D eigenvalue weighted by molar-refractivity contribution is 7.99. The molecular formula is C12H13ClN4OS. The molecule has 0 unspecified atom stereocenters. The molecule has 0 bridgehead atoms. The molecule has 2 rings (SSSR count). The van der Waals surface area contributed by atoms with Gasteiger partial charge in [0.15, 0.2) is 0 Å². The first-order chi connectivity index (χ1) is 9.36. The number of halogens is 1. The summed E-state index contributed by atoms with van der Waals surface area (Å²) in [6, 6.07) is 7.66. The standard InChI is InChI=1S/C12H13ClN4OS/c1-2-18-11-7-4-3-6-10(11)17-12(14-15-16-17)19-9-5-8-13/h3-8H,2,9H2,1H3. The molecule has 1 aromatic carbocycles. The van der Waals surface area contributed by atoms with E-state index in [-0.39, 0.29) is 0 Å². The molecule has 7 heteroatoms. The molecule has 1 heterocycles. The Hall–Kier alpha value is -1.53. The van der Waals surface area contributed by atoms with Gasteiger partial charge in [-0.15, -0.1) is 5.10 Å². The van der Waals surface area contributed by atoms with E-state index in [2.05, 4.69) is 15.5 Å². The van der Waals surface area contributed by atoms with E-state index >= 15 is 0 Å². The maximum absolute atomic E-state index is 5.58. The summed E-state index contributed by atoms with van der Waals surface area (Å²) in [7, 11) is 0. The average molecular weight is 297 g/mol. The van der Waals surface area contributed by atoms with E-state index in [4.69, 9.17) is 16.3 Å². The van der Waals surface area contributed by atoms with Gasteiger partial charge in [-0.1, -0.05) is 41.6 Å². The zero-order valence-electron chi connectivity index (χ0n) is 10.4. The molecule has 0 saturated heterocycles. The number of aromatic nitrogens is 4. The molecule has 0 aliphatic heterocycles. The van der Waals surface area contributed by atoms with Crippen LogP contribution in [0.4, 0.5) is 0 Å². The van der Waals surface area contributed by atoms with E-state index in [1.165, 1.54) is 17.3 Å². The normalized spacial score (nSPS) is 11.1. The van der Waals surface area contributed by atoms with E-state index in [1.54, 1.807) is 4.68 Å². The summed E-state index contributed by atoms with van der Waals surface area (Å²) >= 11 is 6.99. The highest BCUT2D eigenvalue weighted by atomic mass is 35.5. The molecule has 19 heavy (non-hydrogen) atoms. The number of thioether (sulfide) groups is 1. The van der Waals surface area contributed by atoms with Crippen molar-refractivity contribution in [2.75, 3.05) is 12.4 Å². The second kappa shape index (κ2) is 7.16. The smallest absolute Gasteiger partial charge is 0.214 e. The summed E-state index contributed by atoms with van der Waals surface area (Å²) in [6.07, 6.45) is 1.83. The van der Waals surface area contributed by atoms with Crippen molar-refractivity contribution in [2.24, 2.45) is 0 Å². The molecule has 0 spiro atoms. The number of hydrogen-bond acceptors (Lipinski definition) is 5. The Balaban J connectivity index is 2.29. The predicted molar refractivity (Wildman–Crippen MR) is 76.0 cm³/mol. The fourth-order valence-electron chi connectivity index (χ4n) is 1.49. The van der Waals surface area contributed by atoms with Crippen LogP contribution in [0.25, 0.3) is 5.69 Å². The number of nitrogens with zero attached hydrogens (tertiary/aromatic N) is 4. The first-order valence-electron chi connectivity index (χ1n) is 5.75. The van der Waals surface area contributed by atoms with Crippen molar-refractivity contribution in [3.63, 3.8) is 0 Å². The topological polar surface area (TPSA) is 52.8 Å². The second-order valence-corrected chi connectivity index (χ2v) is 4.69. The Bertz CT molecular complexity index is 558. The van der Waals surface area contributed by atoms with E-state index in [9.17, 15) is 0 Å². The lowest BCUT2D eigenvalue weighted by Crippen LogP contribution is -2.03. The fourth-order valence-corrected chi connectivity index (χ4v) is 2.38. The Kier molecular flexibility index (Phi) is 5.23. The lowest BCUT2D eigenvalue weighted by atomic mass is 10.3. The zero-order chi connectivity index (χ0) is 13.5. The van der Waals surface area contributed by atoms with Crippen LogP contribution in [0.3, 0.4) is 0 Å². The Labute approximate surface area is 120 Å². The zero-order valence-corrected chi connectivity index (χ0v) is 11.9. The van der Waals surface area contributed by atoms with E-state index < -0.39 is 0 Å². The van der Waals surface area contributed by atoms with Crippen LogP contribution in [0.1, 0.15) is 6.92 Å². The van der Waals surface area contributed by atoms with Crippen molar-refractivity contribution in [2.45, 2.75) is 12.1 Å². The van der Waals surface area contributed by atoms with Gasteiger partial charge in [-0.3, -0.25) is 0 Å². The molecule has 0 amide bonds. The van der Waals surface area contributed by atoms with Gasteiger partial charge in [-0.25, -0.2) is 0 Å². The third-order valence-electron chi connectivity index (χ3n) is 2.23. The minimum absolute atomic E-state index is 0.594. The van der Waals surface area contributed by atoms with Crippen molar-refractivity contribution in [3.8, 4) is 11.4 Å². The molecule has 0 radical (unpaired) electrons. The van der Waals surface area contributed by atoms with Crippen molar-refractivity contribution < 1.29 is 4.74 Å². The summed E-state index contributed by atoms with van der Waals surface area (Å²) in [6.45, 7) is 2.54. The van der Waals surface area contributed by atoms with Gasteiger partial charge in [-0.2, -0.15) is 4.68 Å². The maximum atomic E-state index is 5.58. The van der Waals surface area contributed by atoms with Crippen LogP contribution in [0.2, 0.25) is 0 Å². The molecule has 2 aromatic rings. The lowest BCUT2D eigenvalue weighted by molar-refractivity contribution is 0.337.